The topological polar surface area (TPSA) is 55.4 Å². The van der Waals surface area contributed by atoms with Crippen LogP contribution in [0, 0.1) is 0 Å². The largest absolute Gasteiger partial charge is 0.490 e. The average Bonchev–Trinajstić information content (AvgIpc) is 2.25. The fourth-order valence-electron chi connectivity index (χ4n) is 1.25. The molecule has 0 amide bonds. The standard InChI is InChI=1S/C12H17NO3S/c1-4-9-16-11-5-7-12(8-6-11)17(14,15)13-10(2)3/h4-8,10,13H,1,9H2,2-3H3. The molecule has 0 aromatic heterocycles. The van der Waals surface area contributed by atoms with Gasteiger partial charge in [0.2, 0.25) is 10.0 Å². The number of hydrogen-bond donors (Lipinski definition) is 1. The molecule has 0 atom stereocenters. The second-order valence-electron chi connectivity index (χ2n) is 3.85. The normalized spacial score (nSPS) is 11.5. The van der Waals surface area contributed by atoms with E-state index in [-0.39, 0.29) is 10.9 Å². The minimum atomic E-state index is -3.42. The van der Waals surface area contributed by atoms with Crippen LogP contribution in [0.4, 0.5) is 0 Å². The van der Waals surface area contributed by atoms with Gasteiger partial charge >= 0.3 is 0 Å². The van der Waals surface area contributed by atoms with Gasteiger partial charge in [-0.2, -0.15) is 0 Å². The molecular weight excluding hydrogens is 238 g/mol. The van der Waals surface area contributed by atoms with Gasteiger partial charge in [-0.3, -0.25) is 0 Å². The molecule has 0 aliphatic heterocycles. The van der Waals surface area contributed by atoms with Gasteiger partial charge in [-0.15, -0.1) is 0 Å². The van der Waals surface area contributed by atoms with E-state index in [4.69, 9.17) is 4.74 Å². The van der Waals surface area contributed by atoms with Crippen LogP contribution in [0.2, 0.25) is 0 Å². The molecule has 0 saturated heterocycles. The molecule has 1 rings (SSSR count). The second kappa shape index (κ2) is 5.84. The zero-order valence-corrected chi connectivity index (χ0v) is 10.8. The van der Waals surface area contributed by atoms with E-state index in [2.05, 4.69) is 11.3 Å². The van der Waals surface area contributed by atoms with Crippen LogP contribution < -0.4 is 9.46 Å². The fraction of sp³-hybridized carbons (Fsp3) is 0.333. The fourth-order valence-corrected chi connectivity index (χ4v) is 2.50. The molecule has 4 nitrogen and oxygen atoms in total. The maximum Gasteiger partial charge on any atom is 0.240 e. The van der Waals surface area contributed by atoms with E-state index in [1.54, 1.807) is 32.1 Å². The van der Waals surface area contributed by atoms with Crippen molar-refractivity contribution in [1.82, 2.24) is 4.72 Å². The average molecular weight is 255 g/mol. The maximum absolute atomic E-state index is 11.8. The predicted octanol–water partition coefficient (Wildman–Crippen LogP) is 1.94. The van der Waals surface area contributed by atoms with Gasteiger partial charge in [0.1, 0.15) is 12.4 Å². The summed E-state index contributed by atoms with van der Waals surface area (Å²) in [5.74, 6) is 0.619. The summed E-state index contributed by atoms with van der Waals surface area (Å²) in [6, 6.07) is 6.15. The molecular formula is C12H17NO3S. The van der Waals surface area contributed by atoms with Crippen LogP contribution in [0.5, 0.6) is 5.75 Å². The zero-order chi connectivity index (χ0) is 12.9. The van der Waals surface area contributed by atoms with E-state index in [1.165, 1.54) is 12.1 Å². The third kappa shape index (κ3) is 4.20. The Balaban J connectivity index is 2.83. The van der Waals surface area contributed by atoms with Crippen molar-refractivity contribution in [1.29, 1.82) is 0 Å². The monoisotopic (exact) mass is 255 g/mol. The molecule has 0 fully saturated rings. The van der Waals surface area contributed by atoms with Crippen LogP contribution in [-0.2, 0) is 10.0 Å². The summed E-state index contributed by atoms with van der Waals surface area (Å²) in [5.41, 5.74) is 0. The van der Waals surface area contributed by atoms with Gasteiger partial charge < -0.3 is 4.74 Å². The number of ether oxygens (including phenoxy) is 1. The molecule has 0 heterocycles. The minimum Gasteiger partial charge on any atom is -0.490 e. The van der Waals surface area contributed by atoms with Crippen LogP contribution >= 0.6 is 0 Å². The molecule has 17 heavy (non-hydrogen) atoms. The molecule has 0 aliphatic rings. The lowest BCUT2D eigenvalue weighted by Gasteiger charge is -2.10. The number of sulfonamides is 1. The Morgan fingerprint density at radius 2 is 1.94 bits per heavy atom. The van der Waals surface area contributed by atoms with Crippen LogP contribution in [0.15, 0.2) is 41.8 Å². The summed E-state index contributed by atoms with van der Waals surface area (Å²) in [7, 11) is -3.42. The van der Waals surface area contributed by atoms with Gasteiger partial charge in [0.05, 0.1) is 4.90 Å². The first-order valence-corrected chi connectivity index (χ1v) is 6.80. The zero-order valence-electron chi connectivity index (χ0n) is 10.0. The summed E-state index contributed by atoms with van der Waals surface area (Å²) in [6.07, 6.45) is 1.63. The second-order valence-corrected chi connectivity index (χ2v) is 5.56. The first kappa shape index (κ1) is 13.7. The van der Waals surface area contributed by atoms with Crippen LogP contribution in [0.3, 0.4) is 0 Å². The highest BCUT2D eigenvalue weighted by Gasteiger charge is 2.14. The van der Waals surface area contributed by atoms with E-state index >= 15 is 0 Å². The van der Waals surface area contributed by atoms with Gasteiger partial charge in [-0.05, 0) is 38.1 Å². The first-order valence-electron chi connectivity index (χ1n) is 5.32. The van der Waals surface area contributed by atoms with E-state index in [0.717, 1.165) is 0 Å². The Hall–Kier alpha value is -1.33. The molecule has 0 bridgehead atoms. The Kier molecular flexibility index (Phi) is 4.72. The Labute approximate surface area is 102 Å². The van der Waals surface area contributed by atoms with Gasteiger partial charge in [-0.1, -0.05) is 12.7 Å². The summed E-state index contributed by atoms with van der Waals surface area (Å²) in [6.45, 7) is 7.49. The minimum absolute atomic E-state index is 0.128. The lowest BCUT2D eigenvalue weighted by molar-refractivity contribution is 0.363. The van der Waals surface area contributed by atoms with Crippen LogP contribution in [-0.4, -0.2) is 21.1 Å². The number of nitrogens with one attached hydrogen (secondary N) is 1. The Bertz CT molecular complexity index is 463. The van der Waals surface area contributed by atoms with Gasteiger partial charge in [0.25, 0.3) is 0 Å². The summed E-state index contributed by atoms with van der Waals surface area (Å²) in [4.78, 5) is 0.233. The SMILES string of the molecule is C=CCOc1ccc(S(=O)(=O)NC(C)C)cc1. The van der Waals surface area contributed by atoms with E-state index in [0.29, 0.717) is 12.4 Å². The third-order valence-corrected chi connectivity index (χ3v) is 3.57. The van der Waals surface area contributed by atoms with E-state index in [1.807, 2.05) is 0 Å². The highest BCUT2D eigenvalue weighted by atomic mass is 32.2. The summed E-state index contributed by atoms with van der Waals surface area (Å²) < 4.78 is 31.4. The van der Waals surface area contributed by atoms with Crippen molar-refractivity contribution in [3.05, 3.63) is 36.9 Å². The number of hydrogen-bond acceptors (Lipinski definition) is 3. The van der Waals surface area contributed by atoms with Crippen LogP contribution in [0.1, 0.15) is 13.8 Å². The van der Waals surface area contributed by atoms with Crippen LogP contribution in [0.25, 0.3) is 0 Å². The molecule has 0 aliphatic carbocycles. The molecule has 0 unspecified atom stereocenters. The van der Waals surface area contributed by atoms with Crippen molar-refractivity contribution in [2.75, 3.05) is 6.61 Å². The van der Waals surface area contributed by atoms with Crippen molar-refractivity contribution in [2.24, 2.45) is 0 Å². The molecule has 0 saturated carbocycles. The smallest absolute Gasteiger partial charge is 0.240 e. The van der Waals surface area contributed by atoms with Crippen molar-refractivity contribution in [3.63, 3.8) is 0 Å². The summed E-state index contributed by atoms with van der Waals surface area (Å²) >= 11 is 0. The van der Waals surface area contributed by atoms with E-state index in [9.17, 15) is 8.42 Å². The lowest BCUT2D eigenvalue weighted by atomic mass is 10.3. The van der Waals surface area contributed by atoms with Gasteiger partial charge in [-0.25, -0.2) is 13.1 Å². The molecule has 1 aromatic carbocycles. The van der Waals surface area contributed by atoms with Crippen molar-refractivity contribution in [3.8, 4) is 5.75 Å². The molecule has 94 valence electrons. The van der Waals surface area contributed by atoms with Crippen molar-refractivity contribution >= 4 is 10.0 Å². The van der Waals surface area contributed by atoms with Crippen molar-refractivity contribution in [2.45, 2.75) is 24.8 Å². The predicted molar refractivity (Wildman–Crippen MR) is 67.6 cm³/mol. The maximum atomic E-state index is 11.8. The van der Waals surface area contributed by atoms with E-state index < -0.39 is 10.0 Å². The Morgan fingerprint density at radius 1 is 1.35 bits per heavy atom. The summed E-state index contributed by atoms with van der Waals surface area (Å²) in [5, 5.41) is 0. The highest BCUT2D eigenvalue weighted by Crippen LogP contribution is 2.16. The number of rotatable bonds is 6. The lowest BCUT2D eigenvalue weighted by Crippen LogP contribution is -2.30. The molecule has 0 spiro atoms. The third-order valence-electron chi connectivity index (χ3n) is 1.89. The quantitative estimate of drug-likeness (QED) is 0.790. The first-order chi connectivity index (χ1) is 7.95. The van der Waals surface area contributed by atoms with Crippen molar-refractivity contribution < 1.29 is 13.2 Å². The highest BCUT2D eigenvalue weighted by molar-refractivity contribution is 7.89. The molecule has 1 N–H and O–H groups in total. The molecule has 0 radical (unpaired) electrons. The van der Waals surface area contributed by atoms with Gasteiger partial charge in [0.15, 0.2) is 0 Å². The Morgan fingerprint density at radius 3 is 2.41 bits per heavy atom. The molecule has 1 aromatic rings. The molecule has 5 heteroatoms. The number of benzene rings is 1. The van der Waals surface area contributed by atoms with Gasteiger partial charge in [0, 0.05) is 6.04 Å².